The third-order valence-corrected chi connectivity index (χ3v) is 1.82. The molecule has 0 aliphatic carbocycles. The highest BCUT2D eigenvalue weighted by Gasteiger charge is 2.13. The van der Waals surface area contributed by atoms with Crippen molar-refractivity contribution >= 4 is 11.5 Å². The number of H-pyrrole nitrogens is 1. The van der Waals surface area contributed by atoms with Crippen LogP contribution < -0.4 is 15.7 Å². The Labute approximate surface area is 70.7 Å². The molecule has 3 N–H and O–H groups in total. The second-order valence-corrected chi connectivity index (χ2v) is 2.73. The molecule has 1 aromatic rings. The van der Waals surface area contributed by atoms with Crippen LogP contribution in [0.3, 0.4) is 0 Å². The molecular formula is C8H11N4+. The number of nitrogens with zero attached hydrogens (tertiary/aromatic N) is 2. The van der Waals surface area contributed by atoms with E-state index in [1.54, 1.807) is 0 Å². The maximum absolute atomic E-state index is 5.56. The Morgan fingerprint density at radius 1 is 1.58 bits per heavy atom. The Morgan fingerprint density at radius 2 is 2.50 bits per heavy atom. The fraction of sp³-hybridized carbons (Fsp3) is 0.250. The largest absolute Gasteiger partial charge is 0.386 e. The van der Waals surface area contributed by atoms with Crippen LogP contribution in [0.15, 0.2) is 29.6 Å². The van der Waals surface area contributed by atoms with E-state index in [4.69, 9.17) is 5.73 Å². The summed E-state index contributed by atoms with van der Waals surface area (Å²) in [5.41, 5.74) is 6.61. The minimum absolute atomic E-state index is 0.707. The minimum Gasteiger partial charge on any atom is -0.386 e. The van der Waals surface area contributed by atoms with Gasteiger partial charge in [-0.05, 0) is 6.07 Å². The highest BCUT2D eigenvalue weighted by Crippen LogP contribution is 2.14. The van der Waals surface area contributed by atoms with Crippen molar-refractivity contribution in [1.82, 2.24) is 0 Å². The lowest BCUT2D eigenvalue weighted by Crippen LogP contribution is -2.14. The van der Waals surface area contributed by atoms with E-state index in [9.17, 15) is 0 Å². The lowest BCUT2D eigenvalue weighted by molar-refractivity contribution is -0.377. The molecule has 0 spiro atoms. The number of anilines is 1. The number of amidine groups is 1. The molecule has 0 fully saturated rings. The van der Waals surface area contributed by atoms with Gasteiger partial charge >= 0.3 is 0 Å². The summed E-state index contributed by atoms with van der Waals surface area (Å²) in [5, 5.41) is 6.06. The lowest BCUT2D eigenvalue weighted by Gasteiger charge is -2.09. The average Bonchev–Trinajstić information content (AvgIpc) is 2.54. The summed E-state index contributed by atoms with van der Waals surface area (Å²) in [6.45, 7) is 0.879. The smallest absolute Gasteiger partial charge is 0.192 e. The van der Waals surface area contributed by atoms with Gasteiger partial charge in [-0.25, -0.2) is 4.98 Å². The molecular weight excluding hydrogens is 152 g/mol. The van der Waals surface area contributed by atoms with Gasteiger partial charge in [0.2, 0.25) is 0 Å². The molecule has 0 saturated carbocycles. The van der Waals surface area contributed by atoms with E-state index in [0.717, 1.165) is 18.7 Å². The Bertz CT molecular complexity index is 293. The Morgan fingerprint density at radius 3 is 3.08 bits per heavy atom. The molecule has 62 valence electrons. The first-order valence-electron chi connectivity index (χ1n) is 3.93. The summed E-state index contributed by atoms with van der Waals surface area (Å²) in [6.07, 6.45) is 4.63. The Hall–Kier alpha value is -1.58. The van der Waals surface area contributed by atoms with E-state index in [0.29, 0.717) is 5.84 Å². The van der Waals surface area contributed by atoms with Crippen LogP contribution in [0, 0.1) is 0 Å². The van der Waals surface area contributed by atoms with Gasteiger partial charge in [-0.3, -0.25) is 5.01 Å². The SMILES string of the molecule is NC1=NN(c2ccc[nH+]c2)CC1. The van der Waals surface area contributed by atoms with Gasteiger partial charge in [0.05, 0.1) is 0 Å². The van der Waals surface area contributed by atoms with Crippen LogP contribution in [-0.4, -0.2) is 12.4 Å². The highest BCUT2D eigenvalue weighted by atomic mass is 15.5. The number of rotatable bonds is 1. The first-order chi connectivity index (χ1) is 5.86. The van der Waals surface area contributed by atoms with Crippen LogP contribution in [-0.2, 0) is 0 Å². The molecule has 12 heavy (non-hydrogen) atoms. The molecule has 0 amide bonds. The maximum atomic E-state index is 5.56. The van der Waals surface area contributed by atoms with Crippen LogP contribution in [0.25, 0.3) is 0 Å². The van der Waals surface area contributed by atoms with Crippen molar-refractivity contribution in [3.63, 3.8) is 0 Å². The number of nitrogens with one attached hydrogen (secondary N) is 1. The predicted octanol–water partition coefficient (Wildman–Crippen LogP) is -0.0170. The zero-order valence-electron chi connectivity index (χ0n) is 6.70. The number of aromatic amines is 1. The zero-order chi connectivity index (χ0) is 8.39. The summed E-state index contributed by atoms with van der Waals surface area (Å²) in [7, 11) is 0. The van der Waals surface area contributed by atoms with Crippen LogP contribution in [0.2, 0.25) is 0 Å². The molecule has 0 unspecified atom stereocenters. The molecule has 0 bridgehead atoms. The third-order valence-electron chi connectivity index (χ3n) is 1.82. The fourth-order valence-electron chi connectivity index (χ4n) is 1.21. The van der Waals surface area contributed by atoms with Gasteiger partial charge in [-0.1, -0.05) is 0 Å². The van der Waals surface area contributed by atoms with Crippen LogP contribution in [0.1, 0.15) is 6.42 Å². The third kappa shape index (κ3) is 1.23. The number of hydrogen-bond acceptors (Lipinski definition) is 3. The Kier molecular flexibility index (Phi) is 1.66. The first kappa shape index (κ1) is 7.09. The van der Waals surface area contributed by atoms with Gasteiger partial charge in [0.25, 0.3) is 0 Å². The highest BCUT2D eigenvalue weighted by molar-refractivity contribution is 5.84. The van der Waals surface area contributed by atoms with Crippen molar-refractivity contribution in [3.8, 4) is 0 Å². The summed E-state index contributed by atoms with van der Waals surface area (Å²) < 4.78 is 0. The number of nitrogens with two attached hydrogens (primary N) is 1. The quantitative estimate of drug-likeness (QED) is 0.632. The van der Waals surface area contributed by atoms with Gasteiger partial charge in [-0.15, -0.1) is 0 Å². The first-order valence-corrected chi connectivity index (χ1v) is 3.93. The van der Waals surface area contributed by atoms with Gasteiger partial charge in [0, 0.05) is 19.0 Å². The molecule has 1 aromatic heterocycles. The fourth-order valence-corrected chi connectivity index (χ4v) is 1.21. The molecule has 2 rings (SSSR count). The van der Waals surface area contributed by atoms with Gasteiger partial charge in [-0.2, -0.15) is 5.10 Å². The zero-order valence-corrected chi connectivity index (χ0v) is 6.70. The molecule has 4 nitrogen and oxygen atoms in total. The topological polar surface area (TPSA) is 55.8 Å². The van der Waals surface area contributed by atoms with E-state index in [2.05, 4.69) is 10.1 Å². The van der Waals surface area contributed by atoms with E-state index in [1.807, 2.05) is 29.5 Å². The maximum Gasteiger partial charge on any atom is 0.192 e. The second kappa shape index (κ2) is 2.81. The molecule has 0 atom stereocenters. The summed E-state index contributed by atoms with van der Waals surface area (Å²) in [6, 6.07) is 3.94. The molecule has 0 aromatic carbocycles. The van der Waals surface area contributed by atoms with Crippen molar-refractivity contribution in [3.05, 3.63) is 24.5 Å². The van der Waals surface area contributed by atoms with Crippen LogP contribution >= 0.6 is 0 Å². The number of pyridine rings is 1. The lowest BCUT2D eigenvalue weighted by atomic mass is 10.4. The average molecular weight is 163 g/mol. The monoisotopic (exact) mass is 163 g/mol. The van der Waals surface area contributed by atoms with E-state index in [1.165, 1.54) is 0 Å². The normalized spacial score (nSPS) is 16.3. The van der Waals surface area contributed by atoms with Crippen molar-refractivity contribution in [2.45, 2.75) is 6.42 Å². The summed E-state index contributed by atoms with van der Waals surface area (Å²) in [4.78, 5) is 3.00. The Balaban J connectivity index is 2.22. The van der Waals surface area contributed by atoms with Crippen molar-refractivity contribution in [1.29, 1.82) is 0 Å². The molecule has 1 aliphatic heterocycles. The van der Waals surface area contributed by atoms with Gasteiger partial charge in [0.15, 0.2) is 12.4 Å². The standard InChI is InChI=1S/C8H10N4/c9-8-3-5-12(11-8)7-2-1-4-10-6-7/h1-2,4,6H,3,5H2,(H2,9,11)/p+1. The van der Waals surface area contributed by atoms with Gasteiger partial charge < -0.3 is 5.73 Å². The van der Waals surface area contributed by atoms with E-state index >= 15 is 0 Å². The van der Waals surface area contributed by atoms with E-state index in [-0.39, 0.29) is 0 Å². The number of hydrogen-bond donors (Lipinski definition) is 1. The van der Waals surface area contributed by atoms with Gasteiger partial charge in [0.1, 0.15) is 11.5 Å². The predicted molar refractivity (Wildman–Crippen MR) is 46.6 cm³/mol. The van der Waals surface area contributed by atoms with Crippen molar-refractivity contribution in [2.24, 2.45) is 10.8 Å². The number of aromatic nitrogens is 1. The summed E-state index contributed by atoms with van der Waals surface area (Å²) in [5.74, 6) is 0.707. The van der Waals surface area contributed by atoms with Crippen molar-refractivity contribution in [2.75, 3.05) is 11.6 Å². The molecule has 0 radical (unpaired) electrons. The molecule has 4 heteroatoms. The molecule has 1 aliphatic rings. The number of hydrazone groups is 1. The minimum atomic E-state index is 0.707. The second-order valence-electron chi connectivity index (χ2n) is 2.73. The summed E-state index contributed by atoms with van der Waals surface area (Å²) >= 11 is 0. The van der Waals surface area contributed by atoms with Crippen LogP contribution in [0.4, 0.5) is 5.69 Å². The molecule has 0 saturated heterocycles. The van der Waals surface area contributed by atoms with Crippen LogP contribution in [0.5, 0.6) is 0 Å². The molecule has 2 heterocycles. The van der Waals surface area contributed by atoms with E-state index < -0.39 is 0 Å². The van der Waals surface area contributed by atoms with Crippen molar-refractivity contribution < 1.29 is 4.98 Å².